The van der Waals surface area contributed by atoms with E-state index in [-0.39, 0.29) is 17.1 Å². The van der Waals surface area contributed by atoms with E-state index in [1.165, 1.54) is 6.07 Å². The second-order valence-electron chi connectivity index (χ2n) is 5.51. The van der Waals surface area contributed by atoms with Gasteiger partial charge in [0.15, 0.2) is 0 Å². The summed E-state index contributed by atoms with van der Waals surface area (Å²) in [5, 5.41) is 0.590. The maximum atomic E-state index is 12.4. The van der Waals surface area contributed by atoms with E-state index in [1.54, 1.807) is 14.7 Å². The quantitative estimate of drug-likeness (QED) is 0.825. The average molecular weight is 361 g/mol. The normalized spacial score (nSPS) is 19.1. The molecule has 126 valence electrons. The number of aromatic amines is 1. The monoisotopic (exact) mass is 360 g/mol. The molecule has 0 aliphatic carbocycles. The first kappa shape index (κ1) is 16.4. The summed E-state index contributed by atoms with van der Waals surface area (Å²) in [6.07, 6.45) is 0. The fraction of sp³-hybridized carbons (Fsp3) is 0.571. The van der Waals surface area contributed by atoms with Gasteiger partial charge in [-0.15, -0.1) is 0 Å². The van der Waals surface area contributed by atoms with Crippen LogP contribution >= 0.6 is 23.2 Å². The van der Waals surface area contributed by atoms with Crippen molar-refractivity contribution < 1.29 is 14.3 Å². The molecule has 0 radical (unpaired) electrons. The van der Waals surface area contributed by atoms with Gasteiger partial charge < -0.3 is 24.4 Å². The lowest BCUT2D eigenvalue weighted by Gasteiger charge is -2.38. The number of ether oxygens (including phenoxy) is 1. The van der Waals surface area contributed by atoms with Crippen LogP contribution in [0.1, 0.15) is 10.5 Å². The Kier molecular flexibility index (Phi) is 4.99. The molecular weight excluding hydrogens is 343 g/mol. The Labute approximate surface area is 144 Å². The summed E-state index contributed by atoms with van der Waals surface area (Å²) in [6.45, 7) is 4.42. The molecule has 0 unspecified atom stereocenters. The number of hydrogen-bond donors (Lipinski definition) is 1. The van der Waals surface area contributed by atoms with E-state index in [0.717, 1.165) is 0 Å². The van der Waals surface area contributed by atoms with E-state index in [0.29, 0.717) is 63.2 Å². The van der Waals surface area contributed by atoms with E-state index >= 15 is 0 Å². The summed E-state index contributed by atoms with van der Waals surface area (Å²) in [4.78, 5) is 32.8. The summed E-state index contributed by atoms with van der Waals surface area (Å²) in [7, 11) is 0. The van der Waals surface area contributed by atoms with Gasteiger partial charge in [-0.2, -0.15) is 0 Å². The van der Waals surface area contributed by atoms with Crippen LogP contribution in [0.5, 0.6) is 0 Å². The first-order valence-electron chi connectivity index (χ1n) is 7.51. The third kappa shape index (κ3) is 3.57. The van der Waals surface area contributed by atoms with Crippen LogP contribution in [-0.2, 0) is 4.74 Å². The molecule has 2 saturated heterocycles. The van der Waals surface area contributed by atoms with Gasteiger partial charge in [0.2, 0.25) is 0 Å². The molecule has 3 rings (SSSR count). The minimum atomic E-state index is -0.155. The van der Waals surface area contributed by atoms with Gasteiger partial charge in [-0.25, -0.2) is 4.79 Å². The zero-order valence-corrected chi connectivity index (χ0v) is 14.1. The number of halogens is 2. The Balaban J connectivity index is 1.55. The molecule has 9 heteroatoms. The number of nitrogens with one attached hydrogen (secondary N) is 1. The van der Waals surface area contributed by atoms with Crippen molar-refractivity contribution in [1.29, 1.82) is 0 Å². The van der Waals surface area contributed by atoms with E-state index in [4.69, 9.17) is 27.9 Å². The molecular formula is C14H18Cl2N4O3. The number of piperazine rings is 1. The van der Waals surface area contributed by atoms with Crippen LogP contribution in [0.3, 0.4) is 0 Å². The third-order valence-electron chi connectivity index (χ3n) is 4.07. The van der Waals surface area contributed by atoms with Crippen LogP contribution in [0, 0.1) is 0 Å². The highest BCUT2D eigenvalue weighted by Gasteiger charge is 2.29. The van der Waals surface area contributed by atoms with Gasteiger partial charge in [-0.1, -0.05) is 23.2 Å². The van der Waals surface area contributed by atoms with Crippen molar-refractivity contribution in [1.82, 2.24) is 19.7 Å². The Morgan fingerprint density at radius 3 is 2.09 bits per heavy atom. The van der Waals surface area contributed by atoms with E-state index in [9.17, 15) is 9.59 Å². The Morgan fingerprint density at radius 1 is 0.957 bits per heavy atom. The van der Waals surface area contributed by atoms with Crippen molar-refractivity contribution in [3.8, 4) is 0 Å². The fourth-order valence-corrected chi connectivity index (χ4v) is 3.06. The molecule has 0 saturated carbocycles. The minimum Gasteiger partial charge on any atom is -0.378 e. The highest BCUT2D eigenvalue weighted by atomic mass is 35.5. The topological polar surface area (TPSA) is 68.9 Å². The number of hydrogen-bond acceptors (Lipinski definition) is 3. The van der Waals surface area contributed by atoms with Crippen molar-refractivity contribution in [2.24, 2.45) is 0 Å². The Bertz CT molecular complexity index is 573. The van der Waals surface area contributed by atoms with Gasteiger partial charge in [-0.05, 0) is 6.07 Å². The molecule has 23 heavy (non-hydrogen) atoms. The minimum absolute atomic E-state index is 0.0198. The zero-order valence-electron chi connectivity index (χ0n) is 12.6. The van der Waals surface area contributed by atoms with Crippen LogP contribution in [-0.4, -0.2) is 84.1 Å². The van der Waals surface area contributed by atoms with Gasteiger partial charge in [0.25, 0.3) is 5.91 Å². The summed E-state index contributed by atoms with van der Waals surface area (Å²) in [6, 6.07) is 1.55. The summed E-state index contributed by atoms with van der Waals surface area (Å²) >= 11 is 11.7. The van der Waals surface area contributed by atoms with Crippen LogP contribution in [0.4, 0.5) is 4.79 Å². The number of morpholine rings is 1. The van der Waals surface area contributed by atoms with Crippen molar-refractivity contribution in [2.75, 3.05) is 52.5 Å². The van der Waals surface area contributed by atoms with E-state index in [1.807, 2.05) is 0 Å². The third-order valence-corrected chi connectivity index (χ3v) is 4.77. The maximum absolute atomic E-state index is 12.4. The first-order chi connectivity index (χ1) is 11.1. The van der Waals surface area contributed by atoms with E-state index in [2.05, 4.69) is 4.98 Å². The number of H-pyrrole nitrogens is 1. The molecule has 0 aromatic carbocycles. The summed E-state index contributed by atoms with van der Waals surface area (Å²) in [5.41, 5.74) is 0.368. The predicted octanol–water partition coefficient (Wildman–Crippen LogP) is 1.53. The number of urea groups is 1. The molecule has 7 nitrogen and oxygen atoms in total. The highest BCUT2D eigenvalue weighted by molar-refractivity contribution is 6.41. The van der Waals surface area contributed by atoms with E-state index < -0.39 is 0 Å². The van der Waals surface area contributed by atoms with Crippen LogP contribution < -0.4 is 0 Å². The largest absolute Gasteiger partial charge is 0.378 e. The Morgan fingerprint density at radius 2 is 1.52 bits per heavy atom. The zero-order chi connectivity index (χ0) is 16.4. The molecule has 1 aromatic heterocycles. The SMILES string of the molecule is O=C(c1cc(Cl)c(Cl)[nH]1)N1CCN(C(=O)N2CCOCC2)CC1. The van der Waals surface area contributed by atoms with Crippen LogP contribution in [0.2, 0.25) is 10.2 Å². The highest BCUT2D eigenvalue weighted by Crippen LogP contribution is 2.23. The lowest BCUT2D eigenvalue weighted by Crippen LogP contribution is -2.55. The number of rotatable bonds is 1. The number of aromatic nitrogens is 1. The average Bonchev–Trinajstić information content (AvgIpc) is 2.93. The molecule has 2 aliphatic heterocycles. The van der Waals surface area contributed by atoms with Gasteiger partial charge in [-0.3, -0.25) is 4.79 Å². The molecule has 0 bridgehead atoms. The molecule has 0 atom stereocenters. The molecule has 2 aliphatic rings. The molecule has 0 spiro atoms. The molecule has 3 amide bonds. The molecule has 2 fully saturated rings. The lowest BCUT2D eigenvalue weighted by molar-refractivity contribution is 0.0362. The molecule has 3 heterocycles. The van der Waals surface area contributed by atoms with Crippen molar-refractivity contribution in [3.63, 3.8) is 0 Å². The summed E-state index contributed by atoms with van der Waals surface area (Å²) in [5.74, 6) is -0.155. The first-order valence-corrected chi connectivity index (χ1v) is 8.27. The van der Waals surface area contributed by atoms with Gasteiger partial charge in [0.1, 0.15) is 10.8 Å². The predicted molar refractivity (Wildman–Crippen MR) is 86.1 cm³/mol. The van der Waals surface area contributed by atoms with Crippen molar-refractivity contribution >= 4 is 35.1 Å². The maximum Gasteiger partial charge on any atom is 0.320 e. The Hall–Kier alpha value is -1.44. The standard InChI is InChI=1S/C14H18Cl2N4O3/c15-10-9-11(17-12(10)16)13(21)18-1-3-19(4-2-18)14(22)20-5-7-23-8-6-20/h9,17H,1-8H2. The number of carbonyl (C=O) groups excluding carboxylic acids is 2. The number of amides is 3. The van der Waals surface area contributed by atoms with Gasteiger partial charge >= 0.3 is 6.03 Å². The van der Waals surface area contributed by atoms with Gasteiger partial charge in [0.05, 0.1) is 18.2 Å². The van der Waals surface area contributed by atoms with Gasteiger partial charge in [0, 0.05) is 39.3 Å². The van der Waals surface area contributed by atoms with Crippen LogP contribution in [0.15, 0.2) is 6.07 Å². The number of nitrogens with zero attached hydrogens (tertiary/aromatic N) is 3. The lowest BCUT2D eigenvalue weighted by atomic mass is 10.3. The van der Waals surface area contributed by atoms with Crippen molar-refractivity contribution in [2.45, 2.75) is 0 Å². The smallest absolute Gasteiger partial charge is 0.320 e. The molecule has 1 aromatic rings. The fourth-order valence-electron chi connectivity index (χ4n) is 2.75. The van der Waals surface area contributed by atoms with Crippen LogP contribution in [0.25, 0.3) is 0 Å². The summed E-state index contributed by atoms with van der Waals surface area (Å²) < 4.78 is 5.26. The second-order valence-corrected chi connectivity index (χ2v) is 6.29. The number of carbonyl (C=O) groups is 2. The van der Waals surface area contributed by atoms with Crippen molar-refractivity contribution in [3.05, 3.63) is 21.9 Å². The second kappa shape index (κ2) is 6.98. The molecule has 1 N–H and O–H groups in total.